The summed E-state index contributed by atoms with van der Waals surface area (Å²) < 4.78 is 0. The van der Waals surface area contributed by atoms with E-state index in [-0.39, 0.29) is 5.41 Å². The zero-order valence-corrected chi connectivity index (χ0v) is 12.2. The van der Waals surface area contributed by atoms with Crippen LogP contribution in [0.1, 0.15) is 31.9 Å². The quantitative estimate of drug-likeness (QED) is 0.623. The van der Waals surface area contributed by atoms with Crippen LogP contribution in [0, 0.1) is 6.92 Å². The zero-order valence-electron chi connectivity index (χ0n) is 11.4. The van der Waals surface area contributed by atoms with Gasteiger partial charge in [0.1, 0.15) is 0 Å². The lowest BCUT2D eigenvalue weighted by Gasteiger charge is -2.19. The fraction of sp³-hybridized carbons (Fsp3) is 0.294. The zero-order chi connectivity index (χ0) is 13.3. The van der Waals surface area contributed by atoms with Crippen LogP contribution in [-0.2, 0) is 5.41 Å². The van der Waals surface area contributed by atoms with Crippen LogP contribution >= 0.6 is 11.6 Å². The van der Waals surface area contributed by atoms with Crippen molar-refractivity contribution in [2.75, 3.05) is 0 Å². The molecule has 0 atom stereocenters. The molecule has 0 saturated carbocycles. The summed E-state index contributed by atoms with van der Waals surface area (Å²) in [4.78, 5) is 0. The minimum absolute atomic E-state index is 0.197. The molecule has 0 bridgehead atoms. The van der Waals surface area contributed by atoms with Crippen molar-refractivity contribution >= 4 is 11.6 Å². The van der Waals surface area contributed by atoms with Gasteiger partial charge in [-0.1, -0.05) is 62.7 Å². The van der Waals surface area contributed by atoms with Crippen LogP contribution in [0.5, 0.6) is 0 Å². The van der Waals surface area contributed by atoms with Crippen molar-refractivity contribution in [3.05, 3.63) is 58.6 Å². The molecule has 0 saturated heterocycles. The van der Waals surface area contributed by atoms with Crippen molar-refractivity contribution in [2.45, 2.75) is 33.1 Å². The molecule has 2 aromatic rings. The third-order valence-corrected chi connectivity index (χ3v) is 3.34. The highest BCUT2D eigenvalue weighted by molar-refractivity contribution is 6.30. The lowest BCUT2D eigenvalue weighted by atomic mass is 9.86. The summed E-state index contributed by atoms with van der Waals surface area (Å²) in [6.07, 6.45) is 0. The van der Waals surface area contributed by atoms with Gasteiger partial charge in [-0.2, -0.15) is 0 Å². The van der Waals surface area contributed by atoms with E-state index in [1.807, 2.05) is 12.1 Å². The van der Waals surface area contributed by atoms with Crippen molar-refractivity contribution in [1.82, 2.24) is 0 Å². The first-order valence-electron chi connectivity index (χ1n) is 6.24. The molecule has 0 heterocycles. The number of hydrogen-bond donors (Lipinski definition) is 0. The summed E-state index contributed by atoms with van der Waals surface area (Å²) in [5, 5.41) is 0.796. The van der Waals surface area contributed by atoms with Crippen LogP contribution in [0.15, 0.2) is 42.5 Å². The Morgan fingerprint density at radius 3 is 1.94 bits per heavy atom. The van der Waals surface area contributed by atoms with Crippen LogP contribution in [0.25, 0.3) is 11.1 Å². The molecule has 2 rings (SSSR count). The fourth-order valence-corrected chi connectivity index (χ4v) is 2.36. The minimum atomic E-state index is 0.197. The van der Waals surface area contributed by atoms with Gasteiger partial charge in [0, 0.05) is 5.02 Å². The van der Waals surface area contributed by atoms with Gasteiger partial charge in [-0.05, 0) is 46.7 Å². The standard InChI is InChI=1S/C17H19Cl/c1-12-9-14(11-16(18)10-12)13-5-7-15(8-6-13)17(2,3)4/h5-11H,1-4H3. The van der Waals surface area contributed by atoms with Gasteiger partial charge in [0.2, 0.25) is 0 Å². The second-order valence-electron chi connectivity index (χ2n) is 5.84. The molecular weight excluding hydrogens is 240 g/mol. The Labute approximate surface area is 115 Å². The van der Waals surface area contributed by atoms with Gasteiger partial charge >= 0.3 is 0 Å². The SMILES string of the molecule is Cc1cc(Cl)cc(-c2ccc(C(C)(C)C)cc2)c1. The van der Waals surface area contributed by atoms with E-state index in [1.54, 1.807) is 0 Å². The molecule has 0 aliphatic carbocycles. The number of aryl methyl sites for hydroxylation is 1. The fourth-order valence-electron chi connectivity index (χ4n) is 2.07. The third kappa shape index (κ3) is 2.94. The molecule has 0 unspecified atom stereocenters. The molecule has 0 fully saturated rings. The Kier molecular flexibility index (Phi) is 3.49. The summed E-state index contributed by atoms with van der Waals surface area (Å²) in [6, 6.07) is 14.9. The highest BCUT2D eigenvalue weighted by atomic mass is 35.5. The summed E-state index contributed by atoms with van der Waals surface area (Å²) in [5.41, 5.74) is 5.14. The molecule has 0 spiro atoms. The lowest BCUT2D eigenvalue weighted by molar-refractivity contribution is 0.590. The third-order valence-electron chi connectivity index (χ3n) is 3.13. The Morgan fingerprint density at radius 1 is 0.833 bits per heavy atom. The average molecular weight is 259 g/mol. The van der Waals surface area contributed by atoms with E-state index >= 15 is 0 Å². The normalized spacial score (nSPS) is 11.6. The predicted molar refractivity (Wildman–Crippen MR) is 80.3 cm³/mol. The molecule has 0 aliphatic rings. The second kappa shape index (κ2) is 4.78. The first-order chi connectivity index (χ1) is 8.36. The predicted octanol–water partition coefficient (Wildman–Crippen LogP) is 5.61. The maximum absolute atomic E-state index is 6.10. The average Bonchev–Trinajstić information content (AvgIpc) is 2.27. The van der Waals surface area contributed by atoms with Crippen LogP contribution in [0.2, 0.25) is 5.02 Å². The summed E-state index contributed by atoms with van der Waals surface area (Å²) in [5.74, 6) is 0. The second-order valence-corrected chi connectivity index (χ2v) is 6.28. The summed E-state index contributed by atoms with van der Waals surface area (Å²) in [6.45, 7) is 8.75. The van der Waals surface area contributed by atoms with E-state index < -0.39 is 0 Å². The molecule has 0 nitrogen and oxygen atoms in total. The molecule has 0 radical (unpaired) electrons. The van der Waals surface area contributed by atoms with Gasteiger partial charge in [0.05, 0.1) is 0 Å². The Balaban J connectivity index is 2.40. The van der Waals surface area contributed by atoms with E-state index in [9.17, 15) is 0 Å². The molecule has 2 aromatic carbocycles. The molecule has 0 aliphatic heterocycles. The molecule has 0 N–H and O–H groups in total. The Hall–Kier alpha value is -1.27. The smallest absolute Gasteiger partial charge is 0.0414 e. The van der Waals surface area contributed by atoms with Gasteiger partial charge in [0.15, 0.2) is 0 Å². The highest BCUT2D eigenvalue weighted by Crippen LogP contribution is 2.28. The Bertz CT molecular complexity index is 525. The molecular formula is C17H19Cl. The highest BCUT2D eigenvalue weighted by Gasteiger charge is 2.13. The molecule has 94 valence electrons. The van der Waals surface area contributed by atoms with E-state index in [1.165, 1.54) is 22.3 Å². The number of halogens is 1. The number of rotatable bonds is 1. The Morgan fingerprint density at radius 2 is 1.44 bits per heavy atom. The van der Waals surface area contributed by atoms with Crippen molar-refractivity contribution in [3.8, 4) is 11.1 Å². The van der Waals surface area contributed by atoms with Gasteiger partial charge in [-0.3, -0.25) is 0 Å². The molecule has 0 amide bonds. The summed E-state index contributed by atoms with van der Waals surface area (Å²) >= 11 is 6.10. The lowest BCUT2D eigenvalue weighted by Crippen LogP contribution is -2.10. The van der Waals surface area contributed by atoms with E-state index in [0.29, 0.717) is 0 Å². The topological polar surface area (TPSA) is 0 Å². The summed E-state index contributed by atoms with van der Waals surface area (Å²) in [7, 11) is 0. The van der Waals surface area contributed by atoms with Gasteiger partial charge in [-0.15, -0.1) is 0 Å². The van der Waals surface area contributed by atoms with Gasteiger partial charge in [0.25, 0.3) is 0 Å². The largest absolute Gasteiger partial charge is 0.0843 e. The van der Waals surface area contributed by atoms with Gasteiger partial charge < -0.3 is 0 Å². The van der Waals surface area contributed by atoms with Crippen LogP contribution in [0.3, 0.4) is 0 Å². The van der Waals surface area contributed by atoms with Crippen molar-refractivity contribution in [2.24, 2.45) is 0 Å². The molecule has 1 heteroatoms. The number of hydrogen-bond acceptors (Lipinski definition) is 0. The van der Waals surface area contributed by atoms with Crippen molar-refractivity contribution < 1.29 is 0 Å². The molecule has 18 heavy (non-hydrogen) atoms. The monoisotopic (exact) mass is 258 g/mol. The van der Waals surface area contributed by atoms with Crippen LogP contribution in [-0.4, -0.2) is 0 Å². The van der Waals surface area contributed by atoms with E-state index in [2.05, 4.69) is 58.0 Å². The first kappa shape index (κ1) is 13.2. The van der Waals surface area contributed by atoms with E-state index in [0.717, 1.165) is 5.02 Å². The van der Waals surface area contributed by atoms with Crippen molar-refractivity contribution in [3.63, 3.8) is 0 Å². The first-order valence-corrected chi connectivity index (χ1v) is 6.62. The van der Waals surface area contributed by atoms with Crippen molar-refractivity contribution in [1.29, 1.82) is 0 Å². The van der Waals surface area contributed by atoms with Crippen LogP contribution < -0.4 is 0 Å². The van der Waals surface area contributed by atoms with E-state index in [4.69, 9.17) is 11.6 Å². The van der Waals surface area contributed by atoms with Crippen LogP contribution in [0.4, 0.5) is 0 Å². The number of benzene rings is 2. The maximum Gasteiger partial charge on any atom is 0.0414 e. The molecule has 0 aromatic heterocycles. The maximum atomic E-state index is 6.10. The van der Waals surface area contributed by atoms with Gasteiger partial charge in [-0.25, -0.2) is 0 Å². The minimum Gasteiger partial charge on any atom is -0.0843 e.